The van der Waals surface area contributed by atoms with Crippen molar-refractivity contribution < 1.29 is 18.0 Å². The molecule has 2 amide bonds. The molecule has 0 bridgehead atoms. The van der Waals surface area contributed by atoms with Gasteiger partial charge in [-0.25, -0.2) is 18.0 Å². The summed E-state index contributed by atoms with van der Waals surface area (Å²) in [4.78, 5) is 13.9. The van der Waals surface area contributed by atoms with Gasteiger partial charge in [0, 0.05) is 11.3 Å². The van der Waals surface area contributed by atoms with Crippen LogP contribution in [-0.4, -0.2) is 23.9 Å². The molecule has 0 aromatic heterocycles. The second-order valence-corrected chi connectivity index (χ2v) is 7.00. The Morgan fingerprint density at radius 2 is 1.88 bits per heavy atom. The van der Waals surface area contributed by atoms with Crippen LogP contribution in [0, 0.1) is 11.7 Å². The van der Waals surface area contributed by atoms with E-state index >= 15 is 0 Å². The molecule has 1 fully saturated rings. The quantitative estimate of drug-likeness (QED) is 0.801. The highest BCUT2D eigenvalue weighted by molar-refractivity contribution is 5.94. The maximum atomic E-state index is 14.1. The van der Waals surface area contributed by atoms with Gasteiger partial charge in [-0.15, -0.1) is 0 Å². The molecule has 26 heavy (non-hydrogen) atoms. The van der Waals surface area contributed by atoms with Gasteiger partial charge in [-0.2, -0.15) is 0 Å². The molecule has 0 radical (unpaired) electrons. The monoisotopic (exact) mass is 360 g/mol. The normalized spacial score (nSPS) is 22.3. The molecule has 136 valence electrons. The Morgan fingerprint density at radius 3 is 2.54 bits per heavy atom. The minimum absolute atomic E-state index is 0.331. The Labute approximate surface area is 149 Å². The standard InChI is InChI=1S/C20H19F3N2O/c21-15-8-9-17-16(10-15)20(11-13-6-7-13,14-4-2-1-3-5-14)25(12-18(22)23)19(26)24-17/h1-5,8-10,13,18H,6-7,11-12H2,(H,24,26). The molecule has 2 aliphatic rings. The van der Waals surface area contributed by atoms with Gasteiger partial charge in [0.15, 0.2) is 0 Å². The summed E-state index contributed by atoms with van der Waals surface area (Å²) in [5, 5.41) is 2.65. The molecule has 4 rings (SSSR count). The minimum atomic E-state index is -2.68. The van der Waals surface area contributed by atoms with Gasteiger partial charge >= 0.3 is 6.03 Å². The predicted molar refractivity (Wildman–Crippen MR) is 92.7 cm³/mol. The highest BCUT2D eigenvalue weighted by Gasteiger charge is 2.51. The zero-order valence-corrected chi connectivity index (χ0v) is 14.1. The molecule has 1 unspecified atom stereocenters. The summed E-state index contributed by atoms with van der Waals surface area (Å²) in [7, 11) is 0. The number of alkyl halides is 2. The number of halogens is 3. The van der Waals surface area contributed by atoms with Crippen molar-refractivity contribution in [1.29, 1.82) is 0 Å². The van der Waals surface area contributed by atoms with E-state index in [9.17, 15) is 18.0 Å². The number of amides is 2. The number of nitrogens with one attached hydrogen (secondary N) is 1. The van der Waals surface area contributed by atoms with E-state index in [0.717, 1.165) is 18.4 Å². The second kappa shape index (κ2) is 6.34. The third kappa shape index (κ3) is 2.83. The molecular weight excluding hydrogens is 341 g/mol. The number of benzene rings is 2. The summed E-state index contributed by atoms with van der Waals surface area (Å²) in [6.07, 6.45) is -0.196. The highest BCUT2D eigenvalue weighted by atomic mass is 19.3. The van der Waals surface area contributed by atoms with Crippen LogP contribution in [-0.2, 0) is 5.54 Å². The SMILES string of the molecule is O=C1Nc2ccc(F)cc2C(CC2CC2)(c2ccccc2)N1CC(F)F. The third-order valence-corrected chi connectivity index (χ3v) is 5.23. The van der Waals surface area contributed by atoms with Crippen LogP contribution in [0.15, 0.2) is 48.5 Å². The molecule has 1 saturated carbocycles. The fourth-order valence-electron chi connectivity index (χ4n) is 3.95. The molecule has 3 nitrogen and oxygen atoms in total. The van der Waals surface area contributed by atoms with Gasteiger partial charge < -0.3 is 10.2 Å². The average Bonchev–Trinajstić information content (AvgIpc) is 3.43. The topological polar surface area (TPSA) is 32.3 Å². The van der Waals surface area contributed by atoms with Gasteiger partial charge in [0.05, 0.1) is 12.1 Å². The van der Waals surface area contributed by atoms with Crippen LogP contribution in [0.25, 0.3) is 0 Å². The summed E-state index contributed by atoms with van der Waals surface area (Å²) in [6, 6.07) is 12.7. The van der Waals surface area contributed by atoms with Gasteiger partial charge in [-0.05, 0) is 36.1 Å². The number of urea groups is 1. The Bertz CT molecular complexity index is 823. The zero-order valence-electron chi connectivity index (χ0n) is 14.1. The first-order valence-corrected chi connectivity index (χ1v) is 8.73. The van der Waals surface area contributed by atoms with Crippen molar-refractivity contribution in [3.63, 3.8) is 0 Å². The summed E-state index contributed by atoms with van der Waals surface area (Å²) in [5.41, 5.74) is 0.648. The molecule has 0 saturated heterocycles. The first-order chi connectivity index (χ1) is 12.5. The van der Waals surface area contributed by atoms with E-state index in [-0.39, 0.29) is 0 Å². The number of carbonyl (C=O) groups excluding carboxylic acids is 1. The maximum Gasteiger partial charge on any atom is 0.323 e. The van der Waals surface area contributed by atoms with E-state index in [2.05, 4.69) is 5.32 Å². The Hall–Kier alpha value is -2.50. The van der Waals surface area contributed by atoms with Gasteiger partial charge in [0.1, 0.15) is 5.82 Å². The van der Waals surface area contributed by atoms with E-state index in [0.29, 0.717) is 23.6 Å². The third-order valence-electron chi connectivity index (χ3n) is 5.23. The average molecular weight is 360 g/mol. The minimum Gasteiger partial charge on any atom is -0.307 e. The molecular formula is C20H19F3N2O. The first-order valence-electron chi connectivity index (χ1n) is 8.73. The number of carbonyl (C=O) groups is 1. The molecule has 1 heterocycles. The predicted octanol–water partition coefficient (Wildman–Crippen LogP) is 4.98. The van der Waals surface area contributed by atoms with Crippen molar-refractivity contribution >= 4 is 11.7 Å². The summed E-state index contributed by atoms with van der Waals surface area (Å²) < 4.78 is 40.8. The Kier molecular flexibility index (Phi) is 4.13. The molecule has 2 aromatic rings. The second-order valence-electron chi connectivity index (χ2n) is 7.00. The number of hydrogen-bond donors (Lipinski definition) is 1. The summed E-state index contributed by atoms with van der Waals surface area (Å²) >= 11 is 0. The number of anilines is 1. The van der Waals surface area contributed by atoms with Gasteiger partial charge in [0.2, 0.25) is 0 Å². The molecule has 0 spiro atoms. The zero-order chi connectivity index (χ0) is 18.3. The van der Waals surface area contributed by atoms with Crippen LogP contribution < -0.4 is 5.32 Å². The van der Waals surface area contributed by atoms with E-state index in [4.69, 9.17) is 0 Å². The first kappa shape index (κ1) is 16.9. The summed E-state index contributed by atoms with van der Waals surface area (Å²) in [5.74, 6) is -0.120. The van der Waals surface area contributed by atoms with Crippen molar-refractivity contribution in [2.75, 3.05) is 11.9 Å². The van der Waals surface area contributed by atoms with Crippen molar-refractivity contribution in [2.45, 2.75) is 31.2 Å². The number of nitrogens with zero attached hydrogens (tertiary/aromatic N) is 1. The van der Waals surface area contributed by atoms with Crippen molar-refractivity contribution in [1.82, 2.24) is 4.90 Å². The lowest BCUT2D eigenvalue weighted by Gasteiger charge is -2.48. The number of hydrogen-bond acceptors (Lipinski definition) is 1. The van der Waals surface area contributed by atoms with Gasteiger partial charge in [-0.1, -0.05) is 43.2 Å². The van der Waals surface area contributed by atoms with Crippen LogP contribution >= 0.6 is 0 Å². The smallest absolute Gasteiger partial charge is 0.307 e. The Morgan fingerprint density at radius 1 is 1.15 bits per heavy atom. The fourth-order valence-corrected chi connectivity index (χ4v) is 3.95. The van der Waals surface area contributed by atoms with Crippen LogP contribution in [0.1, 0.15) is 30.4 Å². The van der Waals surface area contributed by atoms with Gasteiger partial charge in [-0.3, -0.25) is 0 Å². The van der Waals surface area contributed by atoms with Crippen molar-refractivity contribution in [3.8, 4) is 0 Å². The largest absolute Gasteiger partial charge is 0.323 e. The van der Waals surface area contributed by atoms with Crippen LogP contribution in [0.2, 0.25) is 0 Å². The lowest BCUT2D eigenvalue weighted by molar-refractivity contribution is 0.0533. The molecule has 2 aromatic carbocycles. The van der Waals surface area contributed by atoms with E-state index in [1.165, 1.54) is 23.1 Å². The molecule has 1 aliphatic heterocycles. The molecule has 6 heteroatoms. The molecule has 1 aliphatic carbocycles. The van der Waals surface area contributed by atoms with Crippen molar-refractivity contribution in [2.24, 2.45) is 5.92 Å². The van der Waals surface area contributed by atoms with Crippen LogP contribution in [0.5, 0.6) is 0 Å². The van der Waals surface area contributed by atoms with E-state index in [1.54, 1.807) is 0 Å². The highest BCUT2D eigenvalue weighted by Crippen LogP contribution is 2.51. The van der Waals surface area contributed by atoms with Gasteiger partial charge in [0.25, 0.3) is 6.43 Å². The molecule has 1 N–H and O–H groups in total. The van der Waals surface area contributed by atoms with Crippen LogP contribution in [0.3, 0.4) is 0 Å². The Balaban J connectivity index is 1.98. The van der Waals surface area contributed by atoms with Crippen molar-refractivity contribution in [3.05, 3.63) is 65.5 Å². The number of rotatable bonds is 5. The van der Waals surface area contributed by atoms with Crippen LogP contribution in [0.4, 0.5) is 23.7 Å². The lowest BCUT2D eigenvalue weighted by atomic mass is 9.75. The number of fused-ring (bicyclic) bond motifs is 1. The van der Waals surface area contributed by atoms with E-state index < -0.39 is 30.4 Å². The maximum absolute atomic E-state index is 14.1. The molecule has 1 atom stereocenters. The lowest BCUT2D eigenvalue weighted by Crippen LogP contribution is -2.57. The summed E-state index contributed by atoms with van der Waals surface area (Å²) in [6.45, 7) is -0.705. The van der Waals surface area contributed by atoms with E-state index in [1.807, 2.05) is 30.3 Å². The fraction of sp³-hybridized carbons (Fsp3) is 0.350.